The number of hydrogen-bond acceptors (Lipinski definition) is 6. The third-order valence-electron chi connectivity index (χ3n) is 5.84. The summed E-state index contributed by atoms with van der Waals surface area (Å²) < 4.78 is 10.8. The van der Waals surface area contributed by atoms with E-state index in [1.54, 1.807) is 26.6 Å². The molecule has 4 rings (SSSR count). The summed E-state index contributed by atoms with van der Waals surface area (Å²) in [6.07, 6.45) is 9.90. The normalized spacial score (nSPS) is 16.8. The summed E-state index contributed by atoms with van der Waals surface area (Å²) in [6, 6.07) is 4.35. The predicted molar refractivity (Wildman–Crippen MR) is 111 cm³/mol. The van der Waals surface area contributed by atoms with E-state index >= 15 is 0 Å². The van der Waals surface area contributed by atoms with E-state index < -0.39 is 0 Å². The van der Waals surface area contributed by atoms with Crippen molar-refractivity contribution in [3.63, 3.8) is 0 Å². The van der Waals surface area contributed by atoms with Crippen molar-refractivity contribution >= 4 is 11.9 Å². The maximum absolute atomic E-state index is 12.5. The first-order valence-corrected chi connectivity index (χ1v) is 10.3. The topological polar surface area (TPSA) is 76.6 Å². The van der Waals surface area contributed by atoms with Crippen LogP contribution in [-0.2, 0) is 13.0 Å². The second kappa shape index (κ2) is 8.68. The lowest BCUT2D eigenvalue weighted by Gasteiger charge is -2.29. The lowest BCUT2D eigenvalue weighted by atomic mass is 9.95. The third-order valence-corrected chi connectivity index (χ3v) is 5.84. The average Bonchev–Trinajstić information content (AvgIpc) is 2.78. The number of hydrogen-bond donors (Lipinski definition) is 1. The lowest BCUT2D eigenvalue weighted by molar-refractivity contribution is 0.0927. The molecule has 0 spiro atoms. The number of ether oxygens (including phenoxy) is 2. The van der Waals surface area contributed by atoms with Crippen LogP contribution in [0.15, 0.2) is 24.5 Å². The van der Waals surface area contributed by atoms with Gasteiger partial charge in [0.25, 0.3) is 5.91 Å². The number of benzene rings is 1. The van der Waals surface area contributed by atoms with Crippen LogP contribution in [0.2, 0.25) is 0 Å². The third kappa shape index (κ3) is 4.28. The molecule has 1 aliphatic carbocycles. The van der Waals surface area contributed by atoms with Crippen LogP contribution >= 0.6 is 0 Å². The van der Waals surface area contributed by atoms with Gasteiger partial charge in [-0.1, -0.05) is 19.3 Å². The van der Waals surface area contributed by atoms with Gasteiger partial charge >= 0.3 is 0 Å². The SMILES string of the molecule is COc1cc2c(cc1OC)CN(c1ncc(C(=O)NC3CCCCC3)cn1)CC2. The number of carbonyl (C=O) groups is 1. The van der Waals surface area contributed by atoms with Gasteiger partial charge in [-0.3, -0.25) is 4.79 Å². The van der Waals surface area contributed by atoms with E-state index in [-0.39, 0.29) is 11.9 Å². The van der Waals surface area contributed by atoms with E-state index in [0.717, 1.165) is 37.3 Å². The zero-order valence-electron chi connectivity index (χ0n) is 17.1. The summed E-state index contributed by atoms with van der Waals surface area (Å²) >= 11 is 0. The van der Waals surface area contributed by atoms with Gasteiger partial charge < -0.3 is 19.7 Å². The van der Waals surface area contributed by atoms with Gasteiger partial charge in [0.05, 0.1) is 19.8 Å². The number of amides is 1. The van der Waals surface area contributed by atoms with Gasteiger partial charge in [-0.2, -0.15) is 0 Å². The van der Waals surface area contributed by atoms with Crippen LogP contribution in [0.3, 0.4) is 0 Å². The molecule has 0 unspecified atom stereocenters. The molecule has 154 valence electrons. The van der Waals surface area contributed by atoms with Crippen molar-refractivity contribution in [1.82, 2.24) is 15.3 Å². The van der Waals surface area contributed by atoms with Crippen LogP contribution < -0.4 is 19.7 Å². The first-order chi connectivity index (χ1) is 14.2. The van der Waals surface area contributed by atoms with Crippen LogP contribution in [0.5, 0.6) is 11.5 Å². The molecule has 1 aromatic carbocycles. The molecule has 7 heteroatoms. The van der Waals surface area contributed by atoms with E-state index in [0.29, 0.717) is 18.1 Å². The lowest BCUT2D eigenvalue weighted by Crippen LogP contribution is -2.36. The number of fused-ring (bicyclic) bond motifs is 1. The Morgan fingerprint density at radius 3 is 2.34 bits per heavy atom. The van der Waals surface area contributed by atoms with E-state index in [1.807, 2.05) is 12.1 Å². The minimum absolute atomic E-state index is 0.0794. The Hall–Kier alpha value is -2.83. The molecule has 29 heavy (non-hydrogen) atoms. The molecule has 0 saturated heterocycles. The van der Waals surface area contributed by atoms with E-state index in [2.05, 4.69) is 20.2 Å². The number of aromatic nitrogens is 2. The highest BCUT2D eigenvalue weighted by Gasteiger charge is 2.22. The maximum atomic E-state index is 12.5. The highest BCUT2D eigenvalue weighted by Crippen LogP contribution is 2.33. The monoisotopic (exact) mass is 396 g/mol. The van der Waals surface area contributed by atoms with Gasteiger partial charge in [-0.05, 0) is 42.5 Å². The van der Waals surface area contributed by atoms with Crippen molar-refractivity contribution in [3.8, 4) is 11.5 Å². The van der Waals surface area contributed by atoms with Crippen LogP contribution in [-0.4, -0.2) is 42.7 Å². The summed E-state index contributed by atoms with van der Waals surface area (Å²) in [5.41, 5.74) is 2.95. The van der Waals surface area contributed by atoms with Gasteiger partial charge in [-0.15, -0.1) is 0 Å². The van der Waals surface area contributed by atoms with Crippen molar-refractivity contribution < 1.29 is 14.3 Å². The highest BCUT2D eigenvalue weighted by molar-refractivity contribution is 5.93. The second-order valence-electron chi connectivity index (χ2n) is 7.73. The minimum atomic E-state index is -0.0794. The van der Waals surface area contributed by atoms with Gasteiger partial charge in [0.15, 0.2) is 11.5 Å². The minimum Gasteiger partial charge on any atom is -0.493 e. The average molecular weight is 396 g/mol. The summed E-state index contributed by atoms with van der Waals surface area (Å²) in [5.74, 6) is 2.04. The number of rotatable bonds is 5. The zero-order chi connectivity index (χ0) is 20.2. The number of nitrogens with one attached hydrogen (secondary N) is 1. The highest BCUT2D eigenvalue weighted by atomic mass is 16.5. The fraction of sp³-hybridized carbons (Fsp3) is 0.500. The Bertz CT molecular complexity index is 863. The van der Waals surface area contributed by atoms with Crippen molar-refractivity contribution in [3.05, 3.63) is 41.2 Å². The molecule has 0 bridgehead atoms. The van der Waals surface area contributed by atoms with Crippen molar-refractivity contribution in [2.75, 3.05) is 25.7 Å². The van der Waals surface area contributed by atoms with Crippen molar-refractivity contribution in [1.29, 1.82) is 0 Å². The molecule has 1 amide bonds. The van der Waals surface area contributed by atoms with Gasteiger partial charge in [0, 0.05) is 31.5 Å². The fourth-order valence-electron chi connectivity index (χ4n) is 4.17. The molecule has 1 fully saturated rings. The molecule has 1 aliphatic heterocycles. The van der Waals surface area contributed by atoms with Crippen molar-refractivity contribution in [2.24, 2.45) is 0 Å². The Balaban J connectivity index is 1.44. The van der Waals surface area contributed by atoms with Crippen LogP contribution in [0.4, 0.5) is 5.95 Å². The van der Waals surface area contributed by atoms with Crippen LogP contribution in [0.1, 0.15) is 53.6 Å². The first kappa shape index (κ1) is 19.5. The Kier molecular flexibility index (Phi) is 5.83. The summed E-state index contributed by atoms with van der Waals surface area (Å²) in [4.78, 5) is 23.5. The van der Waals surface area contributed by atoms with Crippen molar-refractivity contribution in [2.45, 2.75) is 51.1 Å². The van der Waals surface area contributed by atoms with E-state index in [9.17, 15) is 4.79 Å². The molecule has 2 aliphatic rings. The fourth-order valence-corrected chi connectivity index (χ4v) is 4.17. The quantitative estimate of drug-likeness (QED) is 0.837. The van der Waals surface area contributed by atoms with E-state index in [4.69, 9.17) is 9.47 Å². The number of carbonyl (C=O) groups excluding carboxylic acids is 1. The molecule has 7 nitrogen and oxygen atoms in total. The van der Waals surface area contributed by atoms with Gasteiger partial charge in [0.2, 0.25) is 5.95 Å². The number of methoxy groups -OCH3 is 2. The molecule has 0 radical (unpaired) electrons. The van der Waals surface area contributed by atoms with Crippen LogP contribution in [0, 0.1) is 0 Å². The zero-order valence-corrected chi connectivity index (χ0v) is 17.1. The molecule has 2 heterocycles. The smallest absolute Gasteiger partial charge is 0.254 e. The van der Waals surface area contributed by atoms with Gasteiger partial charge in [-0.25, -0.2) is 9.97 Å². The Morgan fingerprint density at radius 2 is 1.69 bits per heavy atom. The Labute approximate surface area is 171 Å². The van der Waals surface area contributed by atoms with Gasteiger partial charge in [0.1, 0.15) is 0 Å². The van der Waals surface area contributed by atoms with E-state index in [1.165, 1.54) is 30.4 Å². The summed E-state index contributed by atoms with van der Waals surface area (Å²) in [7, 11) is 3.30. The maximum Gasteiger partial charge on any atom is 0.254 e. The molecular weight excluding hydrogens is 368 g/mol. The first-order valence-electron chi connectivity index (χ1n) is 10.3. The summed E-state index contributed by atoms with van der Waals surface area (Å²) in [5, 5.41) is 3.11. The molecule has 1 aromatic heterocycles. The molecule has 1 saturated carbocycles. The molecule has 0 atom stereocenters. The largest absolute Gasteiger partial charge is 0.493 e. The molecular formula is C22H28N4O3. The molecule has 2 aromatic rings. The number of anilines is 1. The summed E-state index contributed by atoms with van der Waals surface area (Å²) in [6.45, 7) is 1.51. The predicted octanol–water partition coefficient (Wildman–Crippen LogP) is 3.12. The standard InChI is InChI=1S/C22H28N4O3/c1-28-19-10-15-8-9-26(14-16(15)11-20(19)29-2)22-23-12-17(13-24-22)21(27)25-18-6-4-3-5-7-18/h10-13,18H,3-9,14H2,1-2H3,(H,25,27). The molecule has 1 N–H and O–H groups in total. The number of nitrogens with zero attached hydrogens (tertiary/aromatic N) is 3. The second-order valence-corrected chi connectivity index (χ2v) is 7.73. The van der Waals surface area contributed by atoms with Crippen LogP contribution in [0.25, 0.3) is 0 Å². The Morgan fingerprint density at radius 1 is 1.03 bits per heavy atom.